The molecule has 0 amide bonds. The Morgan fingerprint density at radius 3 is 1.02 bits per heavy atom. The van der Waals surface area contributed by atoms with E-state index in [1.165, 1.54) is 0 Å². The Morgan fingerprint density at radius 1 is 0.472 bits per heavy atom. The summed E-state index contributed by atoms with van der Waals surface area (Å²) in [7, 11) is 0. The molecule has 0 heterocycles. The van der Waals surface area contributed by atoms with Crippen LogP contribution in [0.3, 0.4) is 0 Å². The van der Waals surface area contributed by atoms with Gasteiger partial charge in [-0.15, -0.1) is 0 Å². The Morgan fingerprint density at radius 2 is 0.736 bits per heavy atom. The van der Waals surface area contributed by atoms with Gasteiger partial charge in [-0.1, -0.05) is 62.3 Å². The van der Waals surface area contributed by atoms with E-state index in [4.69, 9.17) is 5.73 Å². The molecular weight excluding hydrogens is 661 g/mol. The SMILES string of the molecule is CCNCc1cc(C(C)(c2cc(CN)c(O)c(CN(CC)CC)c2)c2cc(CN(CC)CC)c(O)c(CN(CC)CC)c2)cc(CN(CC)CC)c1O. The minimum atomic E-state index is -0.758. The fourth-order valence-corrected chi connectivity index (χ4v) is 7.43. The smallest absolute Gasteiger partial charge is 0.124 e. The van der Waals surface area contributed by atoms with Gasteiger partial charge in [-0.3, -0.25) is 19.6 Å². The number of hydrogen-bond donors (Lipinski definition) is 5. The third kappa shape index (κ3) is 10.5. The highest BCUT2D eigenvalue weighted by Gasteiger charge is 2.36. The number of rotatable bonds is 23. The molecule has 53 heavy (non-hydrogen) atoms. The van der Waals surface area contributed by atoms with Gasteiger partial charge in [-0.2, -0.15) is 0 Å². The van der Waals surface area contributed by atoms with Crippen molar-refractivity contribution in [2.75, 3.05) is 58.9 Å². The zero-order chi connectivity index (χ0) is 39.3. The van der Waals surface area contributed by atoms with E-state index in [0.717, 1.165) is 103 Å². The zero-order valence-corrected chi connectivity index (χ0v) is 34.8. The Hall–Kier alpha value is -3.18. The molecule has 3 aromatic rings. The molecule has 9 heteroatoms. The number of nitrogens with two attached hydrogens (primary N) is 1. The molecular formula is C44H72N6O3. The second kappa shape index (κ2) is 21.1. The number of benzene rings is 3. The lowest BCUT2D eigenvalue weighted by atomic mass is 9.68. The van der Waals surface area contributed by atoms with Crippen LogP contribution >= 0.6 is 0 Å². The molecule has 3 aromatic carbocycles. The van der Waals surface area contributed by atoms with Gasteiger partial charge in [0.05, 0.1) is 0 Å². The van der Waals surface area contributed by atoms with Crippen molar-refractivity contribution in [3.05, 3.63) is 86.5 Å². The highest BCUT2D eigenvalue weighted by atomic mass is 16.3. The van der Waals surface area contributed by atoms with E-state index in [1.54, 1.807) is 0 Å². The molecule has 0 aliphatic heterocycles. The van der Waals surface area contributed by atoms with Crippen molar-refractivity contribution in [3.63, 3.8) is 0 Å². The van der Waals surface area contributed by atoms with E-state index in [1.807, 2.05) is 0 Å². The lowest BCUT2D eigenvalue weighted by molar-refractivity contribution is 0.281. The summed E-state index contributed by atoms with van der Waals surface area (Å²) >= 11 is 0. The van der Waals surface area contributed by atoms with Crippen LogP contribution in [0.4, 0.5) is 0 Å². The van der Waals surface area contributed by atoms with Gasteiger partial charge in [0.15, 0.2) is 0 Å². The van der Waals surface area contributed by atoms with Crippen molar-refractivity contribution < 1.29 is 15.3 Å². The maximum absolute atomic E-state index is 11.9. The van der Waals surface area contributed by atoms with E-state index in [0.29, 0.717) is 49.8 Å². The summed E-state index contributed by atoms with van der Waals surface area (Å²) in [5, 5.41) is 38.7. The van der Waals surface area contributed by atoms with Crippen LogP contribution < -0.4 is 11.1 Å². The highest BCUT2D eigenvalue weighted by molar-refractivity contribution is 5.60. The van der Waals surface area contributed by atoms with Crippen molar-refractivity contribution in [3.8, 4) is 17.2 Å². The van der Waals surface area contributed by atoms with Crippen LogP contribution in [-0.2, 0) is 44.7 Å². The summed E-state index contributed by atoms with van der Waals surface area (Å²) in [5.41, 5.74) is 13.8. The summed E-state index contributed by atoms with van der Waals surface area (Å²) in [4.78, 5) is 9.31. The van der Waals surface area contributed by atoms with Crippen LogP contribution in [0.5, 0.6) is 17.2 Å². The number of nitrogens with zero attached hydrogens (tertiary/aromatic N) is 4. The monoisotopic (exact) mass is 733 g/mol. The van der Waals surface area contributed by atoms with Gasteiger partial charge < -0.3 is 26.4 Å². The molecule has 9 nitrogen and oxygen atoms in total. The van der Waals surface area contributed by atoms with Crippen molar-refractivity contribution in [1.82, 2.24) is 24.9 Å². The molecule has 0 spiro atoms. The fraction of sp³-hybridized carbons (Fsp3) is 0.591. The van der Waals surface area contributed by atoms with Gasteiger partial charge in [-0.05, 0) is 119 Å². The van der Waals surface area contributed by atoms with Gasteiger partial charge in [0.25, 0.3) is 0 Å². The van der Waals surface area contributed by atoms with Gasteiger partial charge in [0.1, 0.15) is 17.2 Å². The molecule has 0 aromatic heterocycles. The second-order valence-corrected chi connectivity index (χ2v) is 14.4. The maximum atomic E-state index is 11.9. The van der Waals surface area contributed by atoms with E-state index >= 15 is 0 Å². The molecule has 0 aliphatic rings. The van der Waals surface area contributed by atoms with Gasteiger partial charge in [0.2, 0.25) is 0 Å². The van der Waals surface area contributed by atoms with Crippen molar-refractivity contribution >= 4 is 0 Å². The molecule has 0 aliphatic carbocycles. The number of phenolic OH excluding ortho intramolecular Hbond substituents is 3. The quantitative estimate of drug-likeness (QED) is 0.0653. The zero-order valence-electron chi connectivity index (χ0n) is 34.8. The summed E-state index contributed by atoms with van der Waals surface area (Å²) in [6.45, 7) is 32.5. The predicted molar refractivity (Wildman–Crippen MR) is 222 cm³/mol. The van der Waals surface area contributed by atoms with E-state index < -0.39 is 5.41 Å². The highest BCUT2D eigenvalue weighted by Crippen LogP contribution is 2.46. The van der Waals surface area contributed by atoms with Crippen LogP contribution in [-0.4, -0.2) is 93.8 Å². The number of phenols is 3. The van der Waals surface area contributed by atoms with Crippen molar-refractivity contribution in [1.29, 1.82) is 0 Å². The van der Waals surface area contributed by atoms with Gasteiger partial charge in [-0.25, -0.2) is 0 Å². The molecule has 0 saturated heterocycles. The van der Waals surface area contributed by atoms with Crippen LogP contribution in [0.15, 0.2) is 36.4 Å². The molecule has 0 saturated carbocycles. The first-order valence-corrected chi connectivity index (χ1v) is 20.3. The lowest BCUT2D eigenvalue weighted by Gasteiger charge is -2.36. The van der Waals surface area contributed by atoms with Crippen molar-refractivity contribution in [2.24, 2.45) is 5.73 Å². The molecule has 0 fully saturated rings. The Balaban J connectivity index is 2.57. The second-order valence-electron chi connectivity index (χ2n) is 14.4. The largest absolute Gasteiger partial charge is 0.507 e. The molecule has 3 rings (SSSR count). The maximum Gasteiger partial charge on any atom is 0.124 e. The number of nitrogens with one attached hydrogen (secondary N) is 1. The molecule has 1 unspecified atom stereocenters. The van der Waals surface area contributed by atoms with E-state index in [-0.39, 0.29) is 12.3 Å². The summed E-state index contributed by atoms with van der Waals surface area (Å²) in [6.07, 6.45) is 0. The van der Waals surface area contributed by atoms with E-state index in [2.05, 4.69) is 131 Å². The first-order chi connectivity index (χ1) is 25.4. The summed E-state index contributed by atoms with van der Waals surface area (Å²) < 4.78 is 0. The Labute approximate surface area is 321 Å². The van der Waals surface area contributed by atoms with Crippen LogP contribution in [0.2, 0.25) is 0 Å². The molecule has 6 N–H and O–H groups in total. The molecule has 0 radical (unpaired) electrons. The first kappa shape index (κ1) is 44.2. The minimum Gasteiger partial charge on any atom is -0.507 e. The minimum absolute atomic E-state index is 0.200. The normalized spacial score (nSPS) is 13.2. The fourth-order valence-electron chi connectivity index (χ4n) is 7.43. The molecule has 296 valence electrons. The topological polar surface area (TPSA) is 112 Å². The number of aromatic hydroxyl groups is 3. The molecule has 0 bridgehead atoms. The average Bonchev–Trinajstić information content (AvgIpc) is 3.18. The van der Waals surface area contributed by atoms with Gasteiger partial charge >= 0.3 is 0 Å². The average molecular weight is 733 g/mol. The Bertz CT molecular complexity index is 1540. The third-order valence-corrected chi connectivity index (χ3v) is 11.5. The van der Waals surface area contributed by atoms with Crippen LogP contribution in [0.25, 0.3) is 0 Å². The van der Waals surface area contributed by atoms with Crippen LogP contribution in [0, 0.1) is 0 Å². The predicted octanol–water partition coefficient (Wildman–Crippen LogP) is 7.09. The third-order valence-electron chi connectivity index (χ3n) is 11.5. The van der Waals surface area contributed by atoms with Crippen molar-refractivity contribution in [2.45, 2.75) is 114 Å². The lowest BCUT2D eigenvalue weighted by Crippen LogP contribution is -2.30. The summed E-state index contributed by atoms with van der Waals surface area (Å²) in [5.74, 6) is 0.933. The molecule has 1 atom stereocenters. The first-order valence-electron chi connectivity index (χ1n) is 20.3. The van der Waals surface area contributed by atoms with Gasteiger partial charge in [0, 0.05) is 78.1 Å². The van der Waals surface area contributed by atoms with E-state index in [9.17, 15) is 15.3 Å². The number of hydrogen-bond acceptors (Lipinski definition) is 9. The summed E-state index contributed by atoms with van der Waals surface area (Å²) in [6, 6.07) is 13.0. The standard InChI is InChI=1S/C44H72N6O3/c1-11-46-27-33-21-39(23-35(42(33)52)29-48(14-4)15-5)44(10,38-20-32(26-45)41(51)34(22-38)28-47(12-2)13-3)40-24-36(30-49(16-6)17-7)43(53)37(25-40)31-50(18-8)19-9/h20-25,46,51-53H,11-19,26-31,45H2,1-10H3. The van der Waals surface area contributed by atoms with Crippen LogP contribution in [0.1, 0.15) is 119 Å². The Kier molecular flexibility index (Phi) is 17.6.